The Morgan fingerprint density at radius 3 is 2.62 bits per heavy atom. The second-order valence-electron chi connectivity index (χ2n) is 5.16. The zero-order valence-electron chi connectivity index (χ0n) is 12.4. The van der Waals surface area contributed by atoms with E-state index in [0.717, 1.165) is 0 Å². The first-order valence-electron chi connectivity index (χ1n) is 6.67. The Morgan fingerprint density at radius 1 is 1.43 bits per heavy atom. The van der Waals surface area contributed by atoms with E-state index in [2.05, 4.69) is 0 Å². The zero-order valence-corrected chi connectivity index (χ0v) is 12.4. The number of carbonyl (C=O) groups excluding carboxylic acids is 1. The van der Waals surface area contributed by atoms with Gasteiger partial charge in [-0.05, 0) is 6.92 Å². The van der Waals surface area contributed by atoms with Gasteiger partial charge in [0.05, 0.1) is 32.2 Å². The van der Waals surface area contributed by atoms with Crippen molar-refractivity contribution in [1.82, 2.24) is 9.80 Å². The van der Waals surface area contributed by atoms with Gasteiger partial charge in [0.25, 0.3) is 0 Å². The van der Waals surface area contributed by atoms with Gasteiger partial charge in [-0.25, -0.2) is 9.59 Å². The standard InChI is InChI=1S/C13H21N3O5/c1-13(21-8-11(17)18)9-16(10-13)12(19)15(5-3-4-14)6-7-20-2/h3,5-10H2,1-2H3,(H,17,18). The number of methoxy groups -OCH3 is 1. The van der Waals surface area contributed by atoms with Crippen LogP contribution < -0.4 is 0 Å². The van der Waals surface area contributed by atoms with Crippen LogP contribution >= 0.6 is 0 Å². The Kier molecular flexibility index (Phi) is 6.39. The molecule has 0 radical (unpaired) electrons. The van der Waals surface area contributed by atoms with Crippen LogP contribution in [0.2, 0.25) is 0 Å². The number of hydrogen-bond acceptors (Lipinski definition) is 5. The molecule has 0 bridgehead atoms. The lowest BCUT2D eigenvalue weighted by atomic mass is 9.97. The first-order chi connectivity index (χ1) is 9.91. The minimum Gasteiger partial charge on any atom is -0.480 e. The number of likely N-dealkylation sites (tertiary alicyclic amines) is 1. The fourth-order valence-corrected chi connectivity index (χ4v) is 2.11. The van der Waals surface area contributed by atoms with Crippen molar-refractivity contribution in [2.75, 3.05) is 46.5 Å². The number of hydrogen-bond donors (Lipinski definition) is 1. The molecule has 0 unspecified atom stereocenters. The van der Waals surface area contributed by atoms with Crippen molar-refractivity contribution < 1.29 is 24.2 Å². The van der Waals surface area contributed by atoms with E-state index in [4.69, 9.17) is 19.8 Å². The minimum absolute atomic E-state index is 0.182. The van der Waals surface area contributed by atoms with Gasteiger partial charge in [0, 0.05) is 20.2 Å². The molecule has 0 saturated carbocycles. The fraction of sp³-hybridized carbons (Fsp3) is 0.769. The summed E-state index contributed by atoms with van der Waals surface area (Å²) in [5.41, 5.74) is -0.615. The highest BCUT2D eigenvalue weighted by Gasteiger charge is 2.43. The number of carboxylic acid groups (broad SMARTS) is 1. The summed E-state index contributed by atoms with van der Waals surface area (Å²) in [6, 6.07) is 1.83. The molecule has 118 valence electrons. The molecule has 21 heavy (non-hydrogen) atoms. The topological polar surface area (TPSA) is 103 Å². The monoisotopic (exact) mass is 299 g/mol. The summed E-state index contributed by atoms with van der Waals surface area (Å²) >= 11 is 0. The van der Waals surface area contributed by atoms with Crippen LogP contribution in [0.25, 0.3) is 0 Å². The Morgan fingerprint density at radius 2 is 2.10 bits per heavy atom. The van der Waals surface area contributed by atoms with Gasteiger partial charge in [-0.3, -0.25) is 0 Å². The SMILES string of the molecule is COCCN(CCC#N)C(=O)N1CC(C)(OCC(=O)O)C1. The number of nitrogens with zero attached hydrogens (tertiary/aromatic N) is 3. The quantitative estimate of drug-likeness (QED) is 0.684. The molecule has 0 aliphatic carbocycles. The average Bonchev–Trinajstić information content (AvgIpc) is 2.41. The van der Waals surface area contributed by atoms with Gasteiger partial charge in [-0.15, -0.1) is 0 Å². The number of carbonyl (C=O) groups is 2. The molecule has 0 spiro atoms. The van der Waals surface area contributed by atoms with Crippen LogP contribution in [-0.4, -0.2) is 79.0 Å². The molecule has 1 heterocycles. The second kappa shape index (κ2) is 7.81. The summed E-state index contributed by atoms with van der Waals surface area (Å²) in [7, 11) is 1.55. The molecule has 1 aliphatic rings. The van der Waals surface area contributed by atoms with Crippen LogP contribution in [0.4, 0.5) is 4.79 Å². The first-order valence-corrected chi connectivity index (χ1v) is 6.67. The molecule has 1 saturated heterocycles. The Labute approximate surface area is 123 Å². The molecule has 1 N–H and O–H groups in total. The van der Waals surface area contributed by atoms with Crippen molar-refractivity contribution in [3.63, 3.8) is 0 Å². The lowest BCUT2D eigenvalue weighted by Crippen LogP contribution is -2.65. The molecular weight excluding hydrogens is 278 g/mol. The van der Waals surface area contributed by atoms with E-state index in [1.54, 1.807) is 23.8 Å². The number of aliphatic carboxylic acids is 1. The summed E-state index contributed by atoms with van der Waals surface area (Å²) in [5, 5.41) is 17.2. The Hall–Kier alpha value is -1.85. The van der Waals surface area contributed by atoms with Crippen LogP contribution in [0.3, 0.4) is 0 Å². The molecule has 1 fully saturated rings. The molecule has 1 rings (SSSR count). The third-order valence-electron chi connectivity index (χ3n) is 3.19. The molecule has 8 nitrogen and oxygen atoms in total. The lowest BCUT2D eigenvalue weighted by Gasteiger charge is -2.48. The predicted molar refractivity (Wildman–Crippen MR) is 72.6 cm³/mol. The summed E-state index contributed by atoms with van der Waals surface area (Å²) in [6.45, 7) is 3.25. The van der Waals surface area contributed by atoms with E-state index >= 15 is 0 Å². The first kappa shape index (κ1) is 17.2. The molecule has 2 amide bonds. The van der Waals surface area contributed by atoms with E-state index in [9.17, 15) is 9.59 Å². The van der Waals surface area contributed by atoms with Crippen LogP contribution in [0.5, 0.6) is 0 Å². The highest BCUT2D eigenvalue weighted by atomic mass is 16.5. The fourth-order valence-electron chi connectivity index (χ4n) is 2.11. The van der Waals surface area contributed by atoms with Gasteiger partial charge in [0.1, 0.15) is 12.2 Å². The molecular formula is C13H21N3O5. The number of amides is 2. The van der Waals surface area contributed by atoms with Crippen LogP contribution in [-0.2, 0) is 14.3 Å². The Bertz CT molecular complexity index is 415. The van der Waals surface area contributed by atoms with Gasteiger partial charge >= 0.3 is 12.0 Å². The minimum atomic E-state index is -1.03. The predicted octanol–water partition coefficient (Wildman–Crippen LogP) is 0.144. The number of carboxylic acids is 1. The molecule has 0 aromatic carbocycles. The smallest absolute Gasteiger partial charge is 0.329 e. The van der Waals surface area contributed by atoms with Crippen LogP contribution in [0, 0.1) is 11.3 Å². The van der Waals surface area contributed by atoms with Crippen molar-refractivity contribution in [1.29, 1.82) is 5.26 Å². The molecule has 1 aliphatic heterocycles. The highest BCUT2D eigenvalue weighted by Crippen LogP contribution is 2.25. The van der Waals surface area contributed by atoms with E-state index in [1.807, 2.05) is 6.07 Å². The van der Waals surface area contributed by atoms with Gasteiger partial charge in [0.15, 0.2) is 0 Å². The van der Waals surface area contributed by atoms with Gasteiger partial charge in [-0.2, -0.15) is 5.26 Å². The van der Waals surface area contributed by atoms with Crippen LogP contribution in [0.1, 0.15) is 13.3 Å². The molecule has 0 aromatic rings. The lowest BCUT2D eigenvalue weighted by molar-refractivity contribution is -0.160. The molecule has 0 aromatic heterocycles. The largest absolute Gasteiger partial charge is 0.480 e. The zero-order chi connectivity index (χ0) is 15.9. The van der Waals surface area contributed by atoms with E-state index in [1.165, 1.54) is 0 Å². The maximum atomic E-state index is 12.3. The second-order valence-corrected chi connectivity index (χ2v) is 5.16. The van der Waals surface area contributed by atoms with Gasteiger partial charge in [-0.1, -0.05) is 0 Å². The number of ether oxygens (including phenoxy) is 2. The molecule has 8 heteroatoms. The molecule has 0 atom stereocenters. The van der Waals surface area contributed by atoms with Gasteiger partial charge < -0.3 is 24.4 Å². The van der Waals surface area contributed by atoms with E-state index in [-0.39, 0.29) is 19.1 Å². The summed E-state index contributed by atoms with van der Waals surface area (Å²) in [6.07, 6.45) is 0.260. The summed E-state index contributed by atoms with van der Waals surface area (Å²) in [5.74, 6) is -1.03. The van der Waals surface area contributed by atoms with Crippen molar-refractivity contribution in [2.24, 2.45) is 0 Å². The number of nitriles is 1. The average molecular weight is 299 g/mol. The van der Waals surface area contributed by atoms with Gasteiger partial charge in [0.2, 0.25) is 0 Å². The van der Waals surface area contributed by atoms with Crippen molar-refractivity contribution in [2.45, 2.75) is 18.9 Å². The Balaban J connectivity index is 2.47. The van der Waals surface area contributed by atoms with Crippen molar-refractivity contribution in [3.05, 3.63) is 0 Å². The van der Waals surface area contributed by atoms with E-state index < -0.39 is 11.6 Å². The normalized spacial score (nSPS) is 16.0. The summed E-state index contributed by atoms with van der Waals surface area (Å²) in [4.78, 5) is 25.9. The number of urea groups is 1. The summed E-state index contributed by atoms with van der Waals surface area (Å²) < 4.78 is 10.2. The van der Waals surface area contributed by atoms with Crippen molar-refractivity contribution in [3.8, 4) is 6.07 Å². The van der Waals surface area contributed by atoms with E-state index in [0.29, 0.717) is 32.8 Å². The van der Waals surface area contributed by atoms with Crippen molar-refractivity contribution >= 4 is 12.0 Å². The van der Waals surface area contributed by atoms with Crippen LogP contribution in [0.15, 0.2) is 0 Å². The third kappa shape index (κ3) is 5.21. The maximum Gasteiger partial charge on any atom is 0.329 e. The third-order valence-corrected chi connectivity index (χ3v) is 3.19. The highest BCUT2D eigenvalue weighted by molar-refractivity contribution is 5.76. The number of rotatable bonds is 8. The maximum absolute atomic E-state index is 12.3.